The molecule has 3 aliphatic rings. The Labute approximate surface area is 188 Å². The second kappa shape index (κ2) is 11.2. The minimum atomic E-state index is -1.19. The molecular formula is C22H36N2O6S. The number of aliphatic hydroxyl groups excluding tert-OH is 2. The van der Waals surface area contributed by atoms with Crippen LogP contribution in [-0.4, -0.2) is 69.6 Å². The zero-order valence-corrected chi connectivity index (χ0v) is 19.2. The maximum atomic E-state index is 11.6. The number of nitrogens with one attached hydrogen (secondary N) is 1. The van der Waals surface area contributed by atoms with Crippen molar-refractivity contribution in [3.8, 4) is 0 Å². The van der Waals surface area contributed by atoms with Crippen molar-refractivity contribution in [3.05, 3.63) is 34.4 Å². The Morgan fingerprint density at radius 1 is 1.48 bits per heavy atom. The number of piperidine rings is 1. The third-order valence-corrected chi connectivity index (χ3v) is 8.18. The minimum absolute atomic E-state index is 0.0416. The van der Waals surface area contributed by atoms with Gasteiger partial charge in [0.05, 0.1) is 18.1 Å². The van der Waals surface area contributed by atoms with Gasteiger partial charge in [-0.1, -0.05) is 19.1 Å². The number of thioether (sulfide) groups is 1. The van der Waals surface area contributed by atoms with Crippen molar-refractivity contribution < 1.29 is 24.6 Å². The van der Waals surface area contributed by atoms with Crippen LogP contribution in [0.4, 0.5) is 0 Å². The van der Waals surface area contributed by atoms with E-state index >= 15 is 0 Å². The van der Waals surface area contributed by atoms with Gasteiger partial charge >= 0.3 is 0 Å². The lowest BCUT2D eigenvalue weighted by Crippen LogP contribution is -2.50. The molecule has 3 fully saturated rings. The molecule has 0 aliphatic carbocycles. The van der Waals surface area contributed by atoms with E-state index in [2.05, 4.69) is 18.8 Å². The second-order valence-corrected chi connectivity index (χ2v) is 10.3. The van der Waals surface area contributed by atoms with E-state index in [4.69, 9.17) is 9.47 Å². The normalized spacial score (nSPS) is 36.4. The molecule has 31 heavy (non-hydrogen) atoms. The SMILES string of the molecule is C=C[C@H](C(C[C@@H]1CCCCO1)C(C)O[C@H](O)/C=C1/CC(O)NC2C(C)SCC12)[N+](=O)[O-]. The Kier molecular flexibility index (Phi) is 8.95. The number of nitrogens with zero attached hydrogens (tertiary/aromatic N) is 1. The third-order valence-electron chi connectivity index (χ3n) is 6.81. The van der Waals surface area contributed by atoms with Gasteiger partial charge in [0.25, 0.3) is 0 Å². The van der Waals surface area contributed by atoms with Gasteiger partial charge in [-0.3, -0.25) is 15.4 Å². The van der Waals surface area contributed by atoms with Crippen LogP contribution in [0.1, 0.15) is 46.0 Å². The highest BCUT2D eigenvalue weighted by molar-refractivity contribution is 8.00. The molecule has 0 amide bonds. The molecule has 0 bridgehead atoms. The van der Waals surface area contributed by atoms with Crippen LogP contribution in [0.15, 0.2) is 24.3 Å². The number of nitro groups is 1. The number of hydrogen-bond donors (Lipinski definition) is 3. The standard InChI is InChI=1S/C22H36N2O6S/c1-4-19(24(27)28)17(11-16-7-5-6-8-29-16)13(2)30-21(26)10-15-9-20(25)23-22-14(3)31-12-18(15)22/h4,10,13-14,16-23,25-26H,1,5-9,11-12H2,2-3H3/b15-10-/t13?,14?,16-,17?,18?,19+,20?,21-,22?/m0/s1. The summed E-state index contributed by atoms with van der Waals surface area (Å²) in [7, 11) is 0. The number of aliphatic hydroxyl groups is 2. The van der Waals surface area contributed by atoms with Crippen LogP contribution in [0.5, 0.6) is 0 Å². The molecule has 0 aromatic carbocycles. The first-order valence-corrected chi connectivity index (χ1v) is 12.3. The molecule has 8 nitrogen and oxygen atoms in total. The van der Waals surface area contributed by atoms with Gasteiger partial charge in [0.2, 0.25) is 6.04 Å². The second-order valence-electron chi connectivity index (χ2n) is 8.93. The summed E-state index contributed by atoms with van der Waals surface area (Å²) >= 11 is 1.85. The van der Waals surface area contributed by atoms with Crippen molar-refractivity contribution in [2.75, 3.05) is 12.4 Å². The molecule has 0 spiro atoms. The average molecular weight is 457 g/mol. The Hall–Kier alpha value is -0.970. The Morgan fingerprint density at radius 3 is 2.90 bits per heavy atom. The monoisotopic (exact) mass is 456 g/mol. The Morgan fingerprint density at radius 2 is 2.26 bits per heavy atom. The summed E-state index contributed by atoms with van der Waals surface area (Å²) in [6.45, 7) is 8.23. The first-order chi connectivity index (χ1) is 14.8. The van der Waals surface area contributed by atoms with Crippen LogP contribution in [-0.2, 0) is 9.47 Å². The first kappa shape index (κ1) is 24.7. The molecule has 3 saturated heterocycles. The smallest absolute Gasteiger partial charge is 0.236 e. The highest BCUT2D eigenvalue weighted by atomic mass is 32.2. The summed E-state index contributed by atoms with van der Waals surface area (Å²) in [6.07, 6.45) is 4.46. The number of rotatable bonds is 9. The largest absolute Gasteiger partial charge is 0.378 e. The number of fused-ring (bicyclic) bond motifs is 1. The average Bonchev–Trinajstić information content (AvgIpc) is 3.09. The zero-order valence-electron chi connectivity index (χ0n) is 18.4. The summed E-state index contributed by atoms with van der Waals surface area (Å²) < 4.78 is 11.7. The highest BCUT2D eigenvalue weighted by Gasteiger charge is 2.41. The van der Waals surface area contributed by atoms with Crippen molar-refractivity contribution in [1.82, 2.24) is 5.32 Å². The van der Waals surface area contributed by atoms with E-state index in [1.54, 1.807) is 13.0 Å². The molecule has 9 atom stereocenters. The number of hydrogen-bond acceptors (Lipinski definition) is 8. The van der Waals surface area contributed by atoms with E-state index in [1.807, 2.05) is 11.8 Å². The fourth-order valence-corrected chi connectivity index (χ4v) is 6.50. The van der Waals surface area contributed by atoms with Crippen LogP contribution >= 0.6 is 11.8 Å². The molecule has 6 unspecified atom stereocenters. The molecule has 0 saturated carbocycles. The topological polar surface area (TPSA) is 114 Å². The molecule has 3 rings (SSSR count). The van der Waals surface area contributed by atoms with E-state index in [-0.39, 0.29) is 23.0 Å². The maximum Gasteiger partial charge on any atom is 0.236 e. The fraction of sp³-hybridized carbons (Fsp3) is 0.818. The molecule has 9 heteroatoms. The predicted molar refractivity (Wildman–Crippen MR) is 120 cm³/mol. The van der Waals surface area contributed by atoms with Crippen molar-refractivity contribution in [3.63, 3.8) is 0 Å². The van der Waals surface area contributed by atoms with E-state index in [0.29, 0.717) is 24.7 Å². The Balaban J connectivity index is 1.69. The molecule has 3 N–H and O–H groups in total. The molecule has 3 aliphatic heterocycles. The molecule has 176 valence electrons. The van der Waals surface area contributed by atoms with Gasteiger partial charge in [-0.25, -0.2) is 0 Å². The van der Waals surface area contributed by atoms with Gasteiger partial charge < -0.3 is 19.7 Å². The lowest BCUT2D eigenvalue weighted by Gasteiger charge is -2.35. The predicted octanol–water partition coefficient (Wildman–Crippen LogP) is 2.47. The summed E-state index contributed by atoms with van der Waals surface area (Å²) in [5.74, 6) is 0.710. The summed E-state index contributed by atoms with van der Waals surface area (Å²) in [6, 6.07) is -0.807. The lowest BCUT2D eigenvalue weighted by molar-refractivity contribution is -0.522. The summed E-state index contributed by atoms with van der Waals surface area (Å²) in [4.78, 5) is 11.3. The highest BCUT2D eigenvalue weighted by Crippen LogP contribution is 2.40. The van der Waals surface area contributed by atoms with Crippen LogP contribution in [0.2, 0.25) is 0 Å². The number of ether oxygens (including phenoxy) is 2. The van der Waals surface area contributed by atoms with Crippen molar-refractivity contribution in [2.24, 2.45) is 11.8 Å². The van der Waals surface area contributed by atoms with E-state index in [1.165, 1.54) is 6.08 Å². The molecule has 3 heterocycles. The van der Waals surface area contributed by atoms with Crippen molar-refractivity contribution >= 4 is 11.8 Å². The van der Waals surface area contributed by atoms with Crippen LogP contribution in [0.25, 0.3) is 0 Å². The first-order valence-electron chi connectivity index (χ1n) is 11.3. The van der Waals surface area contributed by atoms with Gasteiger partial charge in [0, 0.05) is 40.9 Å². The van der Waals surface area contributed by atoms with Crippen LogP contribution in [0.3, 0.4) is 0 Å². The van der Waals surface area contributed by atoms with Gasteiger partial charge in [0.15, 0.2) is 6.29 Å². The summed E-state index contributed by atoms with van der Waals surface area (Å²) in [5, 5.41) is 36.1. The van der Waals surface area contributed by atoms with Crippen molar-refractivity contribution in [2.45, 2.75) is 88.0 Å². The third kappa shape index (κ3) is 6.30. The lowest BCUT2D eigenvalue weighted by atomic mass is 9.85. The van der Waals surface area contributed by atoms with Gasteiger partial charge in [-0.2, -0.15) is 11.8 Å². The maximum absolute atomic E-state index is 11.6. The van der Waals surface area contributed by atoms with Crippen LogP contribution in [0, 0.1) is 22.0 Å². The Bertz CT molecular complexity index is 656. The molecular weight excluding hydrogens is 420 g/mol. The molecule has 0 aromatic heterocycles. The molecule has 0 radical (unpaired) electrons. The van der Waals surface area contributed by atoms with E-state index in [9.17, 15) is 20.3 Å². The van der Waals surface area contributed by atoms with Gasteiger partial charge in [-0.15, -0.1) is 0 Å². The summed E-state index contributed by atoms with van der Waals surface area (Å²) in [5.41, 5.74) is 0.981. The van der Waals surface area contributed by atoms with Crippen molar-refractivity contribution in [1.29, 1.82) is 0 Å². The molecule has 0 aromatic rings. The van der Waals surface area contributed by atoms with Crippen LogP contribution < -0.4 is 5.32 Å². The van der Waals surface area contributed by atoms with E-state index in [0.717, 1.165) is 30.6 Å². The van der Waals surface area contributed by atoms with E-state index < -0.39 is 30.6 Å². The minimum Gasteiger partial charge on any atom is -0.378 e. The fourth-order valence-electron chi connectivity index (χ4n) is 5.09. The van der Waals surface area contributed by atoms with Gasteiger partial charge in [0.1, 0.15) is 6.23 Å². The quantitative estimate of drug-likeness (QED) is 0.210. The van der Waals surface area contributed by atoms with Gasteiger partial charge in [-0.05, 0) is 44.8 Å². The zero-order chi connectivity index (χ0) is 22.5.